The predicted molar refractivity (Wildman–Crippen MR) is 120 cm³/mol. The van der Waals surface area contributed by atoms with Crippen molar-refractivity contribution in [3.8, 4) is 0 Å². The van der Waals surface area contributed by atoms with Crippen LogP contribution in [-0.2, 0) is 19.1 Å². The Bertz CT molecular complexity index is 667. The zero-order chi connectivity index (χ0) is 23.8. The van der Waals surface area contributed by atoms with E-state index in [0.717, 1.165) is 51.4 Å². The van der Waals surface area contributed by atoms with Gasteiger partial charge in [-0.15, -0.1) is 0 Å². The molecule has 0 aromatic heterocycles. The van der Waals surface area contributed by atoms with Gasteiger partial charge in [-0.3, -0.25) is 9.59 Å². The second-order valence-electron chi connectivity index (χ2n) is 9.80. The summed E-state index contributed by atoms with van der Waals surface area (Å²) in [5.41, 5.74) is 0. The standard InChI is InChI=1S/C24H40N2O6/c1-14(2)21(27)19(25-23(29)31-4)18-11-9-16(10-12-18)13-15(3)22(28)20(17-7-6-8-17)26-24(30)32-5/h14-20H,6-13H2,1-5H3,(H,25,29)(H,26,30). The van der Waals surface area contributed by atoms with Crippen LogP contribution in [0.1, 0.15) is 72.1 Å². The minimum Gasteiger partial charge on any atom is -0.453 e. The monoisotopic (exact) mass is 452 g/mol. The predicted octanol–water partition coefficient (Wildman–Crippen LogP) is 3.86. The van der Waals surface area contributed by atoms with Gasteiger partial charge in [0.2, 0.25) is 0 Å². The van der Waals surface area contributed by atoms with Crippen LogP contribution in [0.4, 0.5) is 9.59 Å². The van der Waals surface area contributed by atoms with Crippen molar-refractivity contribution in [1.29, 1.82) is 0 Å². The van der Waals surface area contributed by atoms with Crippen LogP contribution in [0.2, 0.25) is 0 Å². The van der Waals surface area contributed by atoms with Crippen LogP contribution < -0.4 is 10.6 Å². The van der Waals surface area contributed by atoms with Crippen LogP contribution >= 0.6 is 0 Å². The molecule has 0 aromatic rings. The number of hydrogen-bond donors (Lipinski definition) is 2. The molecule has 2 aliphatic carbocycles. The van der Waals surface area contributed by atoms with E-state index >= 15 is 0 Å². The molecule has 3 atom stereocenters. The summed E-state index contributed by atoms with van der Waals surface area (Å²) in [6, 6.07) is -1.01. The lowest BCUT2D eigenvalue weighted by Gasteiger charge is -2.36. The lowest BCUT2D eigenvalue weighted by Crippen LogP contribution is -2.50. The molecule has 3 unspecified atom stereocenters. The van der Waals surface area contributed by atoms with Gasteiger partial charge < -0.3 is 20.1 Å². The van der Waals surface area contributed by atoms with Gasteiger partial charge in [0, 0.05) is 11.8 Å². The Hall–Kier alpha value is -2.12. The van der Waals surface area contributed by atoms with Gasteiger partial charge in [0.05, 0.1) is 26.3 Å². The van der Waals surface area contributed by atoms with Crippen LogP contribution in [0.15, 0.2) is 0 Å². The van der Waals surface area contributed by atoms with E-state index in [1.807, 2.05) is 20.8 Å². The number of alkyl carbamates (subject to hydrolysis) is 2. The number of Topliss-reactive ketones (excluding diaryl/α,β-unsaturated/α-hetero) is 2. The van der Waals surface area contributed by atoms with E-state index in [9.17, 15) is 19.2 Å². The second-order valence-corrected chi connectivity index (χ2v) is 9.80. The van der Waals surface area contributed by atoms with Gasteiger partial charge in [-0.2, -0.15) is 0 Å². The Morgan fingerprint density at radius 3 is 1.62 bits per heavy atom. The van der Waals surface area contributed by atoms with E-state index < -0.39 is 24.3 Å². The van der Waals surface area contributed by atoms with Gasteiger partial charge >= 0.3 is 12.2 Å². The number of carbonyl (C=O) groups excluding carboxylic acids is 4. The fraction of sp³-hybridized carbons (Fsp3) is 0.833. The average molecular weight is 453 g/mol. The van der Waals surface area contributed by atoms with Crippen LogP contribution in [0.3, 0.4) is 0 Å². The topological polar surface area (TPSA) is 111 Å². The minimum atomic E-state index is -0.578. The first kappa shape index (κ1) is 26.1. The number of rotatable bonds is 10. The highest BCUT2D eigenvalue weighted by Crippen LogP contribution is 2.37. The number of methoxy groups -OCH3 is 2. The molecule has 2 fully saturated rings. The SMILES string of the molecule is COC(=O)NC(C(=O)C(C)C)C1CCC(CC(C)C(=O)C(NC(=O)OC)C2CCC2)CC1. The summed E-state index contributed by atoms with van der Waals surface area (Å²) < 4.78 is 9.43. The number of amides is 2. The molecule has 0 spiro atoms. The molecule has 0 radical (unpaired) electrons. The third kappa shape index (κ3) is 6.94. The normalized spacial score (nSPS) is 23.9. The molecule has 2 saturated carbocycles. The molecular formula is C24H40N2O6. The maximum absolute atomic E-state index is 13.1. The lowest BCUT2D eigenvalue weighted by molar-refractivity contribution is -0.127. The Morgan fingerprint density at radius 2 is 1.22 bits per heavy atom. The molecule has 0 bridgehead atoms. The van der Waals surface area contributed by atoms with Crippen molar-refractivity contribution in [1.82, 2.24) is 10.6 Å². The maximum Gasteiger partial charge on any atom is 0.407 e. The zero-order valence-corrected chi connectivity index (χ0v) is 20.1. The van der Waals surface area contributed by atoms with Gasteiger partial charge in [-0.1, -0.05) is 40.0 Å². The average Bonchev–Trinajstić information content (AvgIpc) is 2.74. The summed E-state index contributed by atoms with van der Waals surface area (Å²) in [6.45, 7) is 5.63. The van der Waals surface area contributed by atoms with Crippen LogP contribution in [-0.4, -0.2) is 50.1 Å². The van der Waals surface area contributed by atoms with Crippen molar-refractivity contribution in [2.45, 2.75) is 84.2 Å². The van der Waals surface area contributed by atoms with Crippen molar-refractivity contribution in [3.63, 3.8) is 0 Å². The smallest absolute Gasteiger partial charge is 0.407 e. The number of ketones is 2. The molecule has 2 N–H and O–H groups in total. The molecule has 2 amide bonds. The van der Waals surface area contributed by atoms with Gasteiger partial charge in [0.15, 0.2) is 11.6 Å². The lowest BCUT2D eigenvalue weighted by atomic mass is 9.71. The third-order valence-corrected chi connectivity index (χ3v) is 7.26. The first-order valence-corrected chi connectivity index (χ1v) is 11.9. The van der Waals surface area contributed by atoms with Crippen LogP contribution in [0.5, 0.6) is 0 Å². The highest BCUT2D eigenvalue weighted by molar-refractivity contribution is 5.90. The zero-order valence-electron chi connectivity index (χ0n) is 20.1. The summed E-state index contributed by atoms with van der Waals surface area (Å²) >= 11 is 0. The Labute approximate surface area is 191 Å². The van der Waals surface area contributed by atoms with Crippen LogP contribution in [0, 0.1) is 29.6 Å². The fourth-order valence-corrected chi connectivity index (χ4v) is 5.03. The van der Waals surface area contributed by atoms with E-state index in [-0.39, 0.29) is 35.2 Å². The number of ether oxygens (including phenoxy) is 2. The largest absolute Gasteiger partial charge is 0.453 e. The van der Waals surface area contributed by atoms with E-state index in [1.54, 1.807) is 0 Å². The molecule has 2 rings (SSSR count). The first-order chi connectivity index (χ1) is 15.2. The molecular weight excluding hydrogens is 412 g/mol. The van der Waals surface area contributed by atoms with Gasteiger partial charge in [0.25, 0.3) is 0 Å². The quantitative estimate of drug-likeness (QED) is 0.521. The van der Waals surface area contributed by atoms with E-state index in [0.29, 0.717) is 5.92 Å². The Kier molecular flexibility index (Phi) is 9.97. The number of nitrogens with one attached hydrogen (secondary N) is 2. The van der Waals surface area contributed by atoms with Crippen molar-refractivity contribution in [2.24, 2.45) is 29.6 Å². The first-order valence-electron chi connectivity index (χ1n) is 11.9. The molecule has 2 aliphatic rings. The second kappa shape index (κ2) is 12.2. The summed E-state index contributed by atoms with van der Waals surface area (Å²) in [5.74, 6) is 0.459. The maximum atomic E-state index is 13.1. The summed E-state index contributed by atoms with van der Waals surface area (Å²) in [6.07, 6.45) is 6.10. The number of hydrogen-bond acceptors (Lipinski definition) is 6. The third-order valence-electron chi connectivity index (χ3n) is 7.26. The molecule has 32 heavy (non-hydrogen) atoms. The van der Waals surface area contributed by atoms with Crippen molar-refractivity contribution in [3.05, 3.63) is 0 Å². The molecule has 0 saturated heterocycles. The number of carbonyl (C=O) groups is 4. The van der Waals surface area contributed by atoms with Gasteiger partial charge in [0.1, 0.15) is 0 Å². The van der Waals surface area contributed by atoms with Crippen molar-refractivity contribution >= 4 is 23.8 Å². The fourth-order valence-electron chi connectivity index (χ4n) is 5.03. The van der Waals surface area contributed by atoms with E-state index in [4.69, 9.17) is 9.47 Å². The van der Waals surface area contributed by atoms with Crippen molar-refractivity contribution in [2.75, 3.05) is 14.2 Å². The summed E-state index contributed by atoms with van der Waals surface area (Å²) in [7, 11) is 2.61. The molecule has 0 aliphatic heterocycles. The van der Waals surface area contributed by atoms with E-state index in [1.165, 1.54) is 14.2 Å². The molecule has 0 aromatic carbocycles. The Morgan fingerprint density at radius 1 is 0.750 bits per heavy atom. The Balaban J connectivity index is 1.92. The van der Waals surface area contributed by atoms with Gasteiger partial charge in [-0.05, 0) is 49.9 Å². The molecule has 8 heteroatoms. The summed E-state index contributed by atoms with van der Waals surface area (Å²) in [4.78, 5) is 49.3. The van der Waals surface area contributed by atoms with Crippen LogP contribution in [0.25, 0.3) is 0 Å². The van der Waals surface area contributed by atoms with Gasteiger partial charge in [-0.25, -0.2) is 9.59 Å². The highest BCUT2D eigenvalue weighted by atomic mass is 16.5. The van der Waals surface area contributed by atoms with Crippen molar-refractivity contribution < 1.29 is 28.7 Å². The molecule has 8 nitrogen and oxygen atoms in total. The van der Waals surface area contributed by atoms with E-state index in [2.05, 4.69) is 10.6 Å². The highest BCUT2D eigenvalue weighted by Gasteiger charge is 2.38. The minimum absolute atomic E-state index is 0.0274. The molecule has 0 heterocycles. The summed E-state index contributed by atoms with van der Waals surface area (Å²) in [5, 5.41) is 5.49. The molecule has 182 valence electrons.